The maximum absolute atomic E-state index is 5.96. The molecule has 1 aromatic heterocycles. The molecule has 5 heteroatoms. The van der Waals surface area contributed by atoms with Gasteiger partial charge in [0.2, 0.25) is 0 Å². The smallest absolute Gasteiger partial charge is 0.146 e. The van der Waals surface area contributed by atoms with E-state index < -0.39 is 0 Å². The second-order valence-corrected chi connectivity index (χ2v) is 3.66. The second kappa shape index (κ2) is 4.37. The van der Waals surface area contributed by atoms with Gasteiger partial charge in [0.05, 0.1) is 12.8 Å². The van der Waals surface area contributed by atoms with Crippen LogP contribution in [0.15, 0.2) is 30.3 Å². The van der Waals surface area contributed by atoms with Crippen LogP contribution >= 0.6 is 11.6 Å². The van der Waals surface area contributed by atoms with Crippen molar-refractivity contribution in [2.24, 2.45) is 0 Å². The summed E-state index contributed by atoms with van der Waals surface area (Å²) in [4.78, 5) is 0. The van der Waals surface area contributed by atoms with Gasteiger partial charge >= 0.3 is 0 Å². The monoisotopic (exact) mass is 235 g/mol. The molecule has 0 bridgehead atoms. The largest absolute Gasteiger partial charge is 0.497 e. The van der Waals surface area contributed by atoms with Gasteiger partial charge < -0.3 is 10.5 Å². The van der Waals surface area contributed by atoms with Gasteiger partial charge in [0.1, 0.15) is 11.6 Å². The molecule has 0 amide bonds. The van der Waals surface area contributed by atoms with Gasteiger partial charge in [-0.1, -0.05) is 11.6 Å². The van der Waals surface area contributed by atoms with Gasteiger partial charge in [0.25, 0.3) is 0 Å². The first kappa shape index (κ1) is 10.7. The lowest BCUT2D eigenvalue weighted by Gasteiger charge is -2.05. The minimum absolute atomic E-state index is 0.387. The number of benzene rings is 1. The number of nitrogens with two attached hydrogens (primary N) is 1. The van der Waals surface area contributed by atoms with E-state index in [-0.39, 0.29) is 0 Å². The third-order valence-corrected chi connectivity index (χ3v) is 2.31. The molecule has 82 valence electrons. The molecule has 2 N–H and O–H groups in total. The number of hydrogen-bond donors (Lipinski definition) is 1. The Balaban J connectivity index is 2.47. The van der Waals surface area contributed by atoms with Gasteiger partial charge in [0.15, 0.2) is 0 Å². The van der Waals surface area contributed by atoms with Crippen LogP contribution in [0, 0.1) is 0 Å². The van der Waals surface area contributed by atoms with Crippen LogP contribution < -0.4 is 10.5 Å². The van der Waals surface area contributed by atoms with Crippen molar-refractivity contribution in [1.29, 1.82) is 0 Å². The Morgan fingerprint density at radius 2 is 2.00 bits per heavy atom. The van der Waals surface area contributed by atoms with Crippen LogP contribution in [-0.2, 0) is 0 Å². The molecule has 0 saturated heterocycles. The first-order chi connectivity index (χ1) is 7.69. The molecule has 0 spiro atoms. The Morgan fingerprint density at radius 3 is 2.62 bits per heavy atom. The Morgan fingerprint density at radius 1 is 1.19 bits per heavy atom. The summed E-state index contributed by atoms with van der Waals surface area (Å²) in [7, 11) is 1.59. The minimum Gasteiger partial charge on any atom is -0.497 e. The SMILES string of the molecule is COc1cc(Cl)cc(-c2ccc(N)nn2)c1. The zero-order chi connectivity index (χ0) is 11.5. The lowest BCUT2D eigenvalue weighted by Crippen LogP contribution is -1.94. The molecule has 2 aromatic rings. The van der Waals surface area contributed by atoms with Crippen LogP contribution in [0.5, 0.6) is 5.75 Å². The average molecular weight is 236 g/mol. The van der Waals surface area contributed by atoms with Crippen molar-refractivity contribution >= 4 is 17.4 Å². The van der Waals surface area contributed by atoms with E-state index in [1.807, 2.05) is 6.07 Å². The molecule has 1 aromatic carbocycles. The van der Waals surface area contributed by atoms with Crippen molar-refractivity contribution in [3.63, 3.8) is 0 Å². The van der Waals surface area contributed by atoms with Crippen LogP contribution in [0.3, 0.4) is 0 Å². The lowest BCUT2D eigenvalue weighted by molar-refractivity contribution is 0.415. The molecule has 0 atom stereocenters. The first-order valence-electron chi connectivity index (χ1n) is 4.63. The Hall–Kier alpha value is -1.81. The third-order valence-electron chi connectivity index (χ3n) is 2.09. The van der Waals surface area contributed by atoms with Crippen molar-refractivity contribution in [3.05, 3.63) is 35.4 Å². The first-order valence-corrected chi connectivity index (χ1v) is 5.01. The number of nitrogens with zero attached hydrogens (tertiary/aromatic N) is 2. The van der Waals surface area contributed by atoms with E-state index in [0.29, 0.717) is 22.3 Å². The minimum atomic E-state index is 0.387. The van der Waals surface area contributed by atoms with E-state index in [1.54, 1.807) is 31.4 Å². The molecule has 0 saturated carbocycles. The average Bonchev–Trinajstić information content (AvgIpc) is 2.29. The summed E-state index contributed by atoms with van der Waals surface area (Å²) in [5, 5.41) is 8.35. The van der Waals surface area contributed by atoms with E-state index >= 15 is 0 Å². The number of methoxy groups -OCH3 is 1. The maximum atomic E-state index is 5.96. The highest BCUT2D eigenvalue weighted by molar-refractivity contribution is 6.31. The Bertz CT molecular complexity index is 499. The molecule has 0 unspecified atom stereocenters. The quantitative estimate of drug-likeness (QED) is 0.868. The number of aromatic nitrogens is 2. The fourth-order valence-electron chi connectivity index (χ4n) is 1.32. The van der Waals surface area contributed by atoms with Crippen molar-refractivity contribution in [2.45, 2.75) is 0 Å². The fraction of sp³-hybridized carbons (Fsp3) is 0.0909. The number of nitrogen functional groups attached to an aromatic ring is 1. The second-order valence-electron chi connectivity index (χ2n) is 3.22. The fourth-order valence-corrected chi connectivity index (χ4v) is 1.55. The Labute approximate surface area is 98.0 Å². The number of anilines is 1. The summed E-state index contributed by atoms with van der Waals surface area (Å²) in [5.74, 6) is 1.07. The number of ether oxygens (including phenoxy) is 1. The summed E-state index contributed by atoms with van der Waals surface area (Å²) in [6.07, 6.45) is 0. The van der Waals surface area contributed by atoms with E-state index in [1.165, 1.54) is 0 Å². The van der Waals surface area contributed by atoms with E-state index in [2.05, 4.69) is 10.2 Å². The van der Waals surface area contributed by atoms with Gasteiger partial charge in [-0.2, -0.15) is 0 Å². The molecule has 0 aliphatic heterocycles. The molecule has 4 nitrogen and oxygen atoms in total. The number of hydrogen-bond acceptors (Lipinski definition) is 4. The van der Waals surface area contributed by atoms with Gasteiger partial charge in [-0.15, -0.1) is 10.2 Å². The molecule has 0 aliphatic carbocycles. The van der Waals surface area contributed by atoms with Gasteiger partial charge in [-0.3, -0.25) is 0 Å². The van der Waals surface area contributed by atoms with Gasteiger partial charge in [-0.05, 0) is 30.3 Å². The van der Waals surface area contributed by atoms with Gasteiger partial charge in [-0.25, -0.2) is 0 Å². The van der Waals surface area contributed by atoms with Crippen LogP contribution in [-0.4, -0.2) is 17.3 Å². The summed E-state index contributed by atoms with van der Waals surface area (Å²) >= 11 is 5.96. The van der Waals surface area contributed by atoms with Crippen LogP contribution in [0.4, 0.5) is 5.82 Å². The molecule has 0 radical (unpaired) electrons. The van der Waals surface area contributed by atoms with Crippen LogP contribution in [0.25, 0.3) is 11.3 Å². The van der Waals surface area contributed by atoms with Crippen LogP contribution in [0.2, 0.25) is 5.02 Å². The Kier molecular flexibility index (Phi) is 2.92. The van der Waals surface area contributed by atoms with E-state index in [4.69, 9.17) is 22.1 Å². The molecule has 2 rings (SSSR count). The van der Waals surface area contributed by atoms with Crippen molar-refractivity contribution in [1.82, 2.24) is 10.2 Å². The molecule has 0 aliphatic rings. The number of halogens is 1. The van der Waals surface area contributed by atoms with Crippen molar-refractivity contribution in [2.75, 3.05) is 12.8 Å². The third kappa shape index (κ3) is 2.23. The maximum Gasteiger partial charge on any atom is 0.146 e. The number of rotatable bonds is 2. The van der Waals surface area contributed by atoms with Crippen molar-refractivity contribution < 1.29 is 4.74 Å². The standard InChI is InChI=1S/C11H10ClN3O/c1-16-9-5-7(4-8(12)6-9)10-2-3-11(13)15-14-10/h2-6H,1H3,(H2,13,15). The molecule has 0 fully saturated rings. The zero-order valence-corrected chi connectivity index (χ0v) is 9.40. The zero-order valence-electron chi connectivity index (χ0n) is 8.64. The summed E-state index contributed by atoms with van der Waals surface area (Å²) in [6, 6.07) is 8.84. The predicted molar refractivity (Wildman–Crippen MR) is 63.4 cm³/mol. The molecular formula is C11H10ClN3O. The summed E-state index contributed by atoms with van der Waals surface area (Å²) in [5.41, 5.74) is 7.01. The molecule has 16 heavy (non-hydrogen) atoms. The predicted octanol–water partition coefficient (Wildman–Crippen LogP) is 2.39. The van der Waals surface area contributed by atoms with Crippen molar-refractivity contribution in [3.8, 4) is 17.0 Å². The summed E-state index contributed by atoms with van der Waals surface area (Å²) < 4.78 is 5.12. The van der Waals surface area contributed by atoms with E-state index in [0.717, 1.165) is 5.56 Å². The van der Waals surface area contributed by atoms with E-state index in [9.17, 15) is 0 Å². The molecular weight excluding hydrogens is 226 g/mol. The lowest BCUT2D eigenvalue weighted by atomic mass is 10.1. The highest BCUT2D eigenvalue weighted by Crippen LogP contribution is 2.26. The summed E-state index contributed by atoms with van der Waals surface area (Å²) in [6.45, 7) is 0. The highest BCUT2D eigenvalue weighted by Gasteiger charge is 2.04. The van der Waals surface area contributed by atoms with Gasteiger partial charge in [0, 0.05) is 10.6 Å². The molecule has 1 heterocycles. The normalized spacial score (nSPS) is 10.1. The topological polar surface area (TPSA) is 61.0 Å². The highest BCUT2D eigenvalue weighted by atomic mass is 35.5. The van der Waals surface area contributed by atoms with Crippen LogP contribution in [0.1, 0.15) is 0 Å².